The Balaban J connectivity index is 1.56. The van der Waals surface area contributed by atoms with Gasteiger partial charge in [0.1, 0.15) is 16.5 Å². The minimum Gasteiger partial charge on any atom is -0.470 e. The first-order valence-corrected chi connectivity index (χ1v) is 9.30. The third-order valence-corrected chi connectivity index (χ3v) is 5.13. The Morgan fingerprint density at radius 3 is 2.72 bits per heavy atom. The van der Waals surface area contributed by atoms with Crippen molar-refractivity contribution in [2.24, 2.45) is 0 Å². The van der Waals surface area contributed by atoms with Gasteiger partial charge in [-0.05, 0) is 31.0 Å². The van der Waals surface area contributed by atoms with E-state index in [4.69, 9.17) is 27.9 Å². The summed E-state index contributed by atoms with van der Waals surface area (Å²) < 4.78 is 7.17. The standard InChI is InChI=1S/C18H21Cl2N3O2/c19-14-8-5-9-16(17(14)20)25-12-23-11-10-15(22-23)18(24)21-13-6-3-1-2-4-7-13/h5,8-11,13H,1-4,6-7,12H2,(H,21,24). The number of carbonyl (C=O) groups excluding carboxylic acids is 1. The van der Waals surface area contributed by atoms with Crippen LogP contribution in [0.25, 0.3) is 0 Å². The van der Waals surface area contributed by atoms with E-state index in [1.165, 1.54) is 25.7 Å². The van der Waals surface area contributed by atoms with Crippen LogP contribution in [0.4, 0.5) is 0 Å². The summed E-state index contributed by atoms with van der Waals surface area (Å²) in [6.45, 7) is 0.150. The lowest BCUT2D eigenvalue weighted by Crippen LogP contribution is -2.34. The SMILES string of the molecule is O=C(NC1CCCCCC1)c1ccn(COc2cccc(Cl)c2Cl)n1. The minimum absolute atomic E-state index is 0.133. The number of benzene rings is 1. The van der Waals surface area contributed by atoms with Crippen molar-refractivity contribution in [3.63, 3.8) is 0 Å². The zero-order valence-corrected chi connectivity index (χ0v) is 15.4. The highest BCUT2D eigenvalue weighted by atomic mass is 35.5. The molecule has 0 atom stereocenters. The van der Waals surface area contributed by atoms with Crippen LogP contribution in [0, 0.1) is 0 Å². The van der Waals surface area contributed by atoms with Crippen molar-refractivity contribution in [1.82, 2.24) is 15.1 Å². The lowest BCUT2D eigenvalue weighted by Gasteiger charge is -2.15. The average molecular weight is 382 g/mol. The molecule has 1 aliphatic rings. The number of hydrogen-bond donors (Lipinski definition) is 1. The summed E-state index contributed by atoms with van der Waals surface area (Å²) in [6.07, 6.45) is 8.65. The molecule has 1 fully saturated rings. The number of aromatic nitrogens is 2. The Morgan fingerprint density at radius 2 is 1.96 bits per heavy atom. The van der Waals surface area contributed by atoms with E-state index < -0.39 is 0 Å². The number of halogens is 2. The smallest absolute Gasteiger partial charge is 0.271 e. The summed E-state index contributed by atoms with van der Waals surface area (Å²) in [6, 6.07) is 7.13. The molecule has 0 aliphatic heterocycles. The lowest BCUT2D eigenvalue weighted by molar-refractivity contribution is 0.0926. The Labute approximate surface area is 157 Å². The van der Waals surface area contributed by atoms with Gasteiger partial charge in [-0.1, -0.05) is 55.0 Å². The molecule has 0 bridgehead atoms. The first kappa shape index (κ1) is 18.1. The molecule has 1 saturated carbocycles. The second kappa shape index (κ2) is 8.59. The predicted molar refractivity (Wildman–Crippen MR) is 98.3 cm³/mol. The quantitative estimate of drug-likeness (QED) is 0.764. The van der Waals surface area contributed by atoms with Crippen molar-refractivity contribution in [2.75, 3.05) is 0 Å². The maximum atomic E-state index is 12.3. The summed E-state index contributed by atoms with van der Waals surface area (Å²) in [5.74, 6) is 0.348. The molecule has 1 amide bonds. The highest BCUT2D eigenvalue weighted by molar-refractivity contribution is 6.42. The Morgan fingerprint density at radius 1 is 1.20 bits per heavy atom. The summed E-state index contributed by atoms with van der Waals surface area (Å²) in [5.41, 5.74) is 0.394. The van der Waals surface area contributed by atoms with Gasteiger partial charge >= 0.3 is 0 Å². The van der Waals surface area contributed by atoms with Crippen LogP contribution in [0.1, 0.15) is 49.0 Å². The summed E-state index contributed by atoms with van der Waals surface area (Å²) >= 11 is 12.0. The molecule has 5 nitrogen and oxygen atoms in total. The van der Waals surface area contributed by atoms with E-state index in [1.807, 2.05) is 0 Å². The van der Waals surface area contributed by atoms with Gasteiger partial charge in [-0.2, -0.15) is 5.10 Å². The molecular formula is C18H21Cl2N3O2. The van der Waals surface area contributed by atoms with Gasteiger partial charge in [-0.15, -0.1) is 0 Å². The summed E-state index contributed by atoms with van der Waals surface area (Å²) in [4.78, 5) is 12.3. The molecule has 3 rings (SSSR count). The predicted octanol–water partition coefficient (Wildman–Crippen LogP) is 4.68. The number of hydrogen-bond acceptors (Lipinski definition) is 3. The Bertz CT molecular complexity index is 725. The molecule has 134 valence electrons. The fraction of sp³-hybridized carbons (Fsp3) is 0.444. The second-order valence-electron chi connectivity index (χ2n) is 6.23. The zero-order valence-electron chi connectivity index (χ0n) is 13.9. The molecule has 1 aromatic heterocycles. The summed E-state index contributed by atoms with van der Waals surface area (Å²) in [5, 5.41) is 8.15. The molecule has 25 heavy (non-hydrogen) atoms. The van der Waals surface area contributed by atoms with Crippen molar-refractivity contribution in [1.29, 1.82) is 0 Å². The molecule has 0 saturated heterocycles. The van der Waals surface area contributed by atoms with Gasteiger partial charge in [0, 0.05) is 12.2 Å². The maximum Gasteiger partial charge on any atom is 0.271 e. The third-order valence-electron chi connectivity index (χ3n) is 4.33. The van der Waals surface area contributed by atoms with Crippen molar-refractivity contribution in [2.45, 2.75) is 51.3 Å². The molecule has 1 aromatic carbocycles. The average Bonchev–Trinajstić information content (AvgIpc) is 2.94. The first-order chi connectivity index (χ1) is 12.1. The zero-order chi connectivity index (χ0) is 17.6. The molecule has 0 unspecified atom stereocenters. The highest BCUT2D eigenvalue weighted by Gasteiger charge is 2.17. The van der Waals surface area contributed by atoms with E-state index in [0.29, 0.717) is 21.5 Å². The van der Waals surface area contributed by atoms with E-state index in [9.17, 15) is 4.79 Å². The number of carbonyl (C=O) groups is 1. The fourth-order valence-corrected chi connectivity index (χ4v) is 3.32. The molecule has 1 heterocycles. The van der Waals surface area contributed by atoms with Gasteiger partial charge in [0.05, 0.1) is 5.02 Å². The van der Waals surface area contributed by atoms with Crippen LogP contribution in [-0.4, -0.2) is 21.7 Å². The van der Waals surface area contributed by atoms with E-state index in [1.54, 1.807) is 35.1 Å². The van der Waals surface area contributed by atoms with E-state index >= 15 is 0 Å². The van der Waals surface area contributed by atoms with Crippen LogP contribution >= 0.6 is 23.2 Å². The molecular weight excluding hydrogens is 361 g/mol. The fourth-order valence-electron chi connectivity index (χ4n) is 2.97. The van der Waals surface area contributed by atoms with Crippen LogP contribution in [-0.2, 0) is 6.73 Å². The molecule has 7 heteroatoms. The van der Waals surface area contributed by atoms with Gasteiger partial charge in [0.25, 0.3) is 5.91 Å². The van der Waals surface area contributed by atoms with Gasteiger partial charge in [0.2, 0.25) is 0 Å². The van der Waals surface area contributed by atoms with Crippen LogP contribution in [0.3, 0.4) is 0 Å². The first-order valence-electron chi connectivity index (χ1n) is 8.54. The van der Waals surface area contributed by atoms with Crippen molar-refractivity contribution in [3.8, 4) is 5.75 Å². The van der Waals surface area contributed by atoms with Gasteiger partial charge in [-0.3, -0.25) is 4.79 Å². The van der Waals surface area contributed by atoms with Gasteiger partial charge < -0.3 is 10.1 Å². The molecule has 1 N–H and O–H groups in total. The van der Waals surface area contributed by atoms with E-state index in [0.717, 1.165) is 12.8 Å². The number of nitrogens with zero attached hydrogens (tertiary/aromatic N) is 2. The molecule has 2 aromatic rings. The van der Waals surface area contributed by atoms with Gasteiger partial charge in [0.15, 0.2) is 6.73 Å². The van der Waals surface area contributed by atoms with E-state index in [-0.39, 0.29) is 18.7 Å². The monoisotopic (exact) mass is 381 g/mol. The normalized spacial score (nSPS) is 15.6. The number of nitrogens with one attached hydrogen (secondary N) is 1. The summed E-state index contributed by atoms with van der Waals surface area (Å²) in [7, 11) is 0. The number of rotatable bonds is 5. The number of amides is 1. The molecule has 1 aliphatic carbocycles. The van der Waals surface area contributed by atoms with Crippen LogP contribution in [0.15, 0.2) is 30.5 Å². The van der Waals surface area contributed by atoms with Crippen LogP contribution in [0.5, 0.6) is 5.75 Å². The topological polar surface area (TPSA) is 56.2 Å². The Kier molecular flexibility index (Phi) is 6.21. The van der Waals surface area contributed by atoms with Crippen LogP contribution < -0.4 is 10.1 Å². The van der Waals surface area contributed by atoms with Crippen molar-refractivity contribution in [3.05, 3.63) is 46.2 Å². The Hall–Kier alpha value is -1.72. The minimum atomic E-state index is -0.133. The molecule has 0 spiro atoms. The van der Waals surface area contributed by atoms with Crippen molar-refractivity contribution >= 4 is 29.1 Å². The van der Waals surface area contributed by atoms with E-state index in [2.05, 4.69) is 10.4 Å². The third kappa shape index (κ3) is 4.89. The largest absolute Gasteiger partial charge is 0.470 e. The van der Waals surface area contributed by atoms with Crippen LogP contribution in [0.2, 0.25) is 10.0 Å². The maximum absolute atomic E-state index is 12.3. The van der Waals surface area contributed by atoms with Gasteiger partial charge in [-0.25, -0.2) is 4.68 Å². The lowest BCUT2D eigenvalue weighted by atomic mass is 10.1. The molecule has 0 radical (unpaired) electrons. The highest BCUT2D eigenvalue weighted by Crippen LogP contribution is 2.31. The number of ether oxygens (including phenoxy) is 1. The second-order valence-corrected chi connectivity index (χ2v) is 7.01. The van der Waals surface area contributed by atoms with Crippen molar-refractivity contribution < 1.29 is 9.53 Å².